The number of carbonyl (C=O) groups is 1. The van der Waals surface area contributed by atoms with Gasteiger partial charge >= 0.3 is 5.97 Å². The molecule has 9 nitrogen and oxygen atoms in total. The molecule has 10 heteroatoms. The average molecular weight is 403 g/mol. The smallest absolute Gasteiger partial charge is 0.321 e. The number of aromatic nitrogens is 1. The summed E-state index contributed by atoms with van der Waals surface area (Å²) in [4.78, 5) is 24.4. The Morgan fingerprint density at radius 3 is 2.50 bits per heavy atom. The van der Waals surface area contributed by atoms with E-state index in [0.29, 0.717) is 10.9 Å². The molecule has 0 bridgehead atoms. The summed E-state index contributed by atoms with van der Waals surface area (Å²) in [6, 6.07) is 10.8. The topological polar surface area (TPSA) is 142 Å². The number of nitrogens with one attached hydrogen (secondary N) is 2. The highest BCUT2D eigenvalue weighted by atomic mass is 32.2. The molecule has 0 fully saturated rings. The van der Waals surface area contributed by atoms with Crippen molar-refractivity contribution in [3.05, 3.63) is 64.2 Å². The largest absolute Gasteiger partial charge is 0.480 e. The van der Waals surface area contributed by atoms with E-state index in [2.05, 4.69) is 10.3 Å². The lowest BCUT2D eigenvalue weighted by atomic mass is 10.1. The predicted octanol–water partition coefficient (Wildman–Crippen LogP) is 2.12. The number of sulfone groups is 1. The van der Waals surface area contributed by atoms with Gasteiger partial charge < -0.3 is 15.4 Å². The van der Waals surface area contributed by atoms with E-state index in [1.54, 1.807) is 24.3 Å². The monoisotopic (exact) mass is 403 g/mol. The second kappa shape index (κ2) is 7.41. The van der Waals surface area contributed by atoms with Crippen molar-refractivity contribution in [2.75, 3.05) is 7.05 Å². The normalized spacial score (nSPS) is 12.8. The van der Waals surface area contributed by atoms with Crippen LogP contribution in [0.3, 0.4) is 0 Å². The SMILES string of the molecule is CNC(Cc1c(S(=O)(=O)c2ccccc2[N+](=O)[O-])[nH]c2ccccc12)C(=O)O. The van der Waals surface area contributed by atoms with E-state index in [9.17, 15) is 28.4 Å². The number of carboxylic acid groups (broad SMARTS) is 1. The van der Waals surface area contributed by atoms with Crippen molar-refractivity contribution >= 4 is 32.4 Å². The molecule has 1 atom stereocenters. The lowest BCUT2D eigenvalue weighted by Gasteiger charge is -2.12. The summed E-state index contributed by atoms with van der Waals surface area (Å²) in [6.07, 6.45) is -0.120. The summed E-state index contributed by atoms with van der Waals surface area (Å²) in [5.41, 5.74) is 0.209. The highest BCUT2D eigenvalue weighted by Crippen LogP contribution is 2.34. The number of hydrogen-bond acceptors (Lipinski definition) is 6. The van der Waals surface area contributed by atoms with Gasteiger partial charge in [0.25, 0.3) is 5.69 Å². The highest BCUT2D eigenvalue weighted by Gasteiger charge is 2.32. The van der Waals surface area contributed by atoms with Crippen molar-refractivity contribution < 1.29 is 23.2 Å². The van der Waals surface area contributed by atoms with Crippen LogP contribution in [0.2, 0.25) is 0 Å². The van der Waals surface area contributed by atoms with Crippen LogP contribution in [0.25, 0.3) is 10.9 Å². The highest BCUT2D eigenvalue weighted by molar-refractivity contribution is 7.91. The van der Waals surface area contributed by atoms with Crippen LogP contribution >= 0.6 is 0 Å². The molecule has 1 aromatic heterocycles. The Morgan fingerprint density at radius 2 is 1.86 bits per heavy atom. The summed E-state index contributed by atoms with van der Waals surface area (Å²) in [7, 11) is -2.84. The average Bonchev–Trinajstić information content (AvgIpc) is 3.05. The van der Waals surface area contributed by atoms with Crippen LogP contribution in [0.15, 0.2) is 58.5 Å². The number of nitro benzene ring substituents is 1. The van der Waals surface area contributed by atoms with Crippen molar-refractivity contribution in [3.8, 4) is 0 Å². The van der Waals surface area contributed by atoms with Crippen LogP contribution in [-0.4, -0.2) is 42.5 Å². The van der Waals surface area contributed by atoms with E-state index in [0.717, 1.165) is 12.1 Å². The predicted molar refractivity (Wildman–Crippen MR) is 101 cm³/mol. The summed E-state index contributed by atoms with van der Waals surface area (Å²) < 4.78 is 26.6. The molecule has 3 aromatic rings. The van der Waals surface area contributed by atoms with Gasteiger partial charge in [0.15, 0.2) is 4.90 Å². The molecule has 3 rings (SSSR count). The first-order valence-electron chi connectivity index (χ1n) is 8.25. The third kappa shape index (κ3) is 3.35. The number of rotatable bonds is 7. The van der Waals surface area contributed by atoms with Crippen LogP contribution in [-0.2, 0) is 21.1 Å². The Hall–Kier alpha value is -3.24. The molecule has 0 aliphatic rings. The van der Waals surface area contributed by atoms with E-state index in [1.165, 1.54) is 19.2 Å². The molecule has 0 spiro atoms. The number of aromatic amines is 1. The minimum absolute atomic E-state index is 0.120. The maximum absolute atomic E-state index is 13.3. The zero-order valence-electron chi connectivity index (χ0n) is 14.7. The first-order chi connectivity index (χ1) is 13.3. The van der Waals surface area contributed by atoms with E-state index < -0.39 is 37.4 Å². The molecule has 0 saturated heterocycles. The Bertz CT molecular complexity index is 1170. The third-order valence-electron chi connectivity index (χ3n) is 4.45. The maximum atomic E-state index is 13.3. The molecule has 1 unspecified atom stereocenters. The summed E-state index contributed by atoms with van der Waals surface area (Å²) >= 11 is 0. The molecule has 3 N–H and O–H groups in total. The van der Waals surface area contributed by atoms with Crippen molar-refractivity contribution in [1.82, 2.24) is 10.3 Å². The second-order valence-electron chi connectivity index (χ2n) is 6.09. The lowest BCUT2D eigenvalue weighted by molar-refractivity contribution is -0.387. The van der Waals surface area contributed by atoms with E-state index >= 15 is 0 Å². The maximum Gasteiger partial charge on any atom is 0.321 e. The molecule has 0 saturated carbocycles. The Morgan fingerprint density at radius 1 is 1.21 bits per heavy atom. The zero-order valence-corrected chi connectivity index (χ0v) is 15.6. The summed E-state index contributed by atoms with van der Waals surface area (Å²) in [5.74, 6) is -1.14. The molecule has 0 aliphatic heterocycles. The molecule has 1 heterocycles. The molecule has 0 amide bonds. The first kappa shape index (κ1) is 19.5. The fourth-order valence-electron chi connectivity index (χ4n) is 3.07. The van der Waals surface area contributed by atoms with Gasteiger partial charge in [0.1, 0.15) is 11.1 Å². The van der Waals surface area contributed by atoms with Crippen molar-refractivity contribution in [3.63, 3.8) is 0 Å². The van der Waals surface area contributed by atoms with Crippen molar-refractivity contribution in [2.24, 2.45) is 0 Å². The van der Waals surface area contributed by atoms with E-state index in [1.807, 2.05) is 0 Å². The number of para-hydroxylation sites is 2. The molecular formula is C18H17N3O6S. The van der Waals surface area contributed by atoms with Gasteiger partial charge in [-0.1, -0.05) is 30.3 Å². The van der Waals surface area contributed by atoms with Gasteiger partial charge in [-0.25, -0.2) is 8.42 Å². The molecule has 146 valence electrons. The van der Waals surface area contributed by atoms with E-state index in [-0.39, 0.29) is 17.0 Å². The minimum atomic E-state index is -4.30. The van der Waals surface area contributed by atoms with Gasteiger partial charge in [-0.05, 0) is 24.7 Å². The third-order valence-corrected chi connectivity index (χ3v) is 6.26. The number of H-pyrrole nitrogens is 1. The standard InChI is InChI=1S/C18H17N3O6S/c1-19-14(18(22)23)10-12-11-6-2-3-7-13(11)20-17(12)28(26,27)16-9-5-4-8-15(16)21(24)25/h2-9,14,19-20H,10H2,1H3,(H,22,23). The number of nitrogens with zero attached hydrogens (tertiary/aromatic N) is 1. The lowest BCUT2D eigenvalue weighted by Crippen LogP contribution is -2.36. The molecule has 28 heavy (non-hydrogen) atoms. The number of hydrogen-bond donors (Lipinski definition) is 3. The zero-order chi connectivity index (χ0) is 20.5. The molecule has 0 aliphatic carbocycles. The van der Waals surface area contributed by atoms with Crippen LogP contribution in [0, 0.1) is 10.1 Å². The van der Waals surface area contributed by atoms with Crippen molar-refractivity contribution in [1.29, 1.82) is 0 Å². The fraction of sp³-hybridized carbons (Fsp3) is 0.167. The Balaban J connectivity index is 2.27. The summed E-state index contributed by atoms with van der Waals surface area (Å²) in [5, 5.41) is 23.6. The van der Waals surface area contributed by atoms with Gasteiger partial charge in [-0.15, -0.1) is 0 Å². The van der Waals surface area contributed by atoms with Crippen LogP contribution in [0.4, 0.5) is 5.69 Å². The number of carboxylic acids is 1. The second-order valence-corrected chi connectivity index (χ2v) is 7.95. The van der Waals surface area contributed by atoms with Gasteiger partial charge in [0.2, 0.25) is 9.84 Å². The quantitative estimate of drug-likeness (QED) is 0.405. The van der Waals surface area contributed by atoms with Crippen molar-refractivity contribution in [2.45, 2.75) is 22.4 Å². The fourth-order valence-corrected chi connectivity index (χ4v) is 4.73. The van der Waals surface area contributed by atoms with Crippen LogP contribution in [0.5, 0.6) is 0 Å². The molecular weight excluding hydrogens is 386 g/mol. The first-order valence-corrected chi connectivity index (χ1v) is 9.74. The number of aliphatic carboxylic acids is 1. The number of fused-ring (bicyclic) bond motifs is 1. The van der Waals surface area contributed by atoms with Gasteiger partial charge in [0.05, 0.1) is 4.92 Å². The van der Waals surface area contributed by atoms with Gasteiger partial charge in [-0.3, -0.25) is 14.9 Å². The van der Waals surface area contributed by atoms with Gasteiger partial charge in [-0.2, -0.15) is 0 Å². The number of benzene rings is 2. The number of likely N-dealkylation sites (N-methyl/N-ethyl adjacent to an activating group) is 1. The van der Waals surface area contributed by atoms with Crippen LogP contribution in [0.1, 0.15) is 5.56 Å². The van der Waals surface area contributed by atoms with E-state index in [4.69, 9.17) is 0 Å². The minimum Gasteiger partial charge on any atom is -0.480 e. The molecule has 0 radical (unpaired) electrons. The Kier molecular flexibility index (Phi) is 5.16. The number of nitro groups is 1. The summed E-state index contributed by atoms with van der Waals surface area (Å²) in [6.45, 7) is 0. The van der Waals surface area contributed by atoms with Crippen LogP contribution < -0.4 is 5.32 Å². The van der Waals surface area contributed by atoms with Gasteiger partial charge in [0, 0.05) is 23.4 Å². The Labute approximate surface area is 160 Å². The molecule has 2 aromatic carbocycles.